The Kier molecular flexibility index (Phi) is 7.64. The van der Waals surface area contributed by atoms with E-state index in [0.717, 1.165) is 55.5 Å². The lowest BCUT2D eigenvalue weighted by Gasteiger charge is -2.12. The van der Waals surface area contributed by atoms with E-state index in [1.807, 2.05) is 17.4 Å². The molecule has 0 aliphatic carbocycles. The first-order chi connectivity index (χ1) is 27.8. The van der Waals surface area contributed by atoms with Crippen molar-refractivity contribution >= 4 is 53.3 Å². The molecular weight excluding hydrogens is 701 g/mol. The summed E-state index contributed by atoms with van der Waals surface area (Å²) in [5.74, 6) is 1.90. The molecule has 0 spiro atoms. The Labute approximate surface area is 327 Å². The van der Waals surface area contributed by atoms with E-state index in [9.17, 15) is 0 Å². The van der Waals surface area contributed by atoms with Gasteiger partial charge < -0.3 is 4.57 Å². The topological polar surface area (TPSA) is 43.6 Å². The number of fused-ring (bicyclic) bond motifs is 6. The first-order valence-corrected chi connectivity index (χ1v) is 19.6. The highest BCUT2D eigenvalue weighted by molar-refractivity contribution is 7.26. The van der Waals surface area contributed by atoms with Gasteiger partial charge in [0.15, 0.2) is 17.5 Å². The molecule has 0 unspecified atom stereocenters. The lowest BCUT2D eigenvalue weighted by molar-refractivity contribution is 1.07. The molecule has 0 aliphatic rings. The van der Waals surface area contributed by atoms with Gasteiger partial charge in [-0.2, -0.15) is 0 Å². The maximum atomic E-state index is 5.23. The third-order valence-electron chi connectivity index (χ3n) is 10.7. The van der Waals surface area contributed by atoms with Crippen LogP contribution in [0.4, 0.5) is 0 Å². The number of thiophene rings is 1. The van der Waals surface area contributed by atoms with Gasteiger partial charge >= 0.3 is 0 Å². The molecule has 0 radical (unpaired) electrons. The summed E-state index contributed by atoms with van der Waals surface area (Å²) in [6.07, 6.45) is 0. The second-order valence-corrected chi connectivity index (χ2v) is 15.0. The zero-order valence-electron chi connectivity index (χ0n) is 30.2. The first kappa shape index (κ1) is 32.2. The van der Waals surface area contributed by atoms with Gasteiger partial charge in [0.25, 0.3) is 0 Å². The van der Waals surface area contributed by atoms with Crippen LogP contribution in [0.5, 0.6) is 0 Å². The molecule has 0 N–H and O–H groups in total. The molecule has 0 saturated carbocycles. The van der Waals surface area contributed by atoms with Crippen LogP contribution >= 0.6 is 11.3 Å². The average Bonchev–Trinajstić information content (AvgIpc) is 3.83. The molecule has 0 saturated heterocycles. The van der Waals surface area contributed by atoms with E-state index in [4.69, 9.17) is 15.0 Å². The van der Waals surface area contributed by atoms with Crippen molar-refractivity contribution in [2.75, 3.05) is 0 Å². The van der Waals surface area contributed by atoms with Gasteiger partial charge in [-0.1, -0.05) is 152 Å². The Morgan fingerprint density at radius 1 is 0.339 bits per heavy atom. The third kappa shape index (κ3) is 5.40. The molecule has 0 fully saturated rings. The highest BCUT2D eigenvalue weighted by atomic mass is 32.1. The Morgan fingerprint density at radius 2 is 0.893 bits per heavy atom. The van der Waals surface area contributed by atoms with E-state index < -0.39 is 0 Å². The molecule has 5 heteroatoms. The highest BCUT2D eigenvalue weighted by Crippen LogP contribution is 2.41. The largest absolute Gasteiger partial charge is 0.309 e. The Morgan fingerprint density at radius 3 is 1.71 bits per heavy atom. The molecular formula is C51H32N4S. The molecule has 8 aromatic carbocycles. The van der Waals surface area contributed by atoms with Gasteiger partial charge in [0, 0.05) is 53.3 Å². The lowest BCUT2D eigenvalue weighted by Crippen LogP contribution is -2.01. The molecule has 0 atom stereocenters. The molecule has 4 nitrogen and oxygen atoms in total. The Balaban J connectivity index is 1.08. The molecule has 56 heavy (non-hydrogen) atoms. The molecule has 3 heterocycles. The van der Waals surface area contributed by atoms with Crippen LogP contribution in [-0.2, 0) is 0 Å². The van der Waals surface area contributed by atoms with Gasteiger partial charge in [-0.3, -0.25) is 0 Å². The maximum Gasteiger partial charge on any atom is 0.164 e. The molecule has 3 aromatic heterocycles. The van der Waals surface area contributed by atoms with E-state index in [-0.39, 0.29) is 0 Å². The average molecular weight is 733 g/mol. The summed E-state index contributed by atoms with van der Waals surface area (Å²) in [7, 11) is 0. The van der Waals surface area contributed by atoms with Crippen LogP contribution in [0.1, 0.15) is 0 Å². The molecule has 0 amide bonds. The van der Waals surface area contributed by atoms with Gasteiger partial charge in [0.2, 0.25) is 0 Å². The van der Waals surface area contributed by atoms with Gasteiger partial charge in [0.1, 0.15) is 0 Å². The predicted octanol–water partition coefficient (Wildman–Crippen LogP) is 13.7. The molecule has 0 aliphatic heterocycles. The lowest BCUT2D eigenvalue weighted by atomic mass is 9.99. The zero-order chi connectivity index (χ0) is 37.0. The summed E-state index contributed by atoms with van der Waals surface area (Å²) < 4.78 is 4.93. The first-order valence-electron chi connectivity index (χ1n) is 18.8. The fourth-order valence-electron chi connectivity index (χ4n) is 8.04. The van der Waals surface area contributed by atoms with Crippen molar-refractivity contribution < 1.29 is 0 Å². The van der Waals surface area contributed by atoms with Crippen molar-refractivity contribution in [1.29, 1.82) is 0 Å². The third-order valence-corrected chi connectivity index (χ3v) is 11.9. The predicted molar refractivity (Wildman–Crippen MR) is 234 cm³/mol. The van der Waals surface area contributed by atoms with Crippen LogP contribution in [0.3, 0.4) is 0 Å². The van der Waals surface area contributed by atoms with Crippen LogP contribution < -0.4 is 0 Å². The van der Waals surface area contributed by atoms with Crippen LogP contribution in [-0.4, -0.2) is 19.5 Å². The van der Waals surface area contributed by atoms with Crippen molar-refractivity contribution in [3.05, 3.63) is 194 Å². The van der Waals surface area contributed by atoms with Crippen LogP contribution in [0.25, 0.3) is 104 Å². The normalized spacial score (nSPS) is 11.6. The minimum atomic E-state index is 0.630. The van der Waals surface area contributed by atoms with E-state index in [0.29, 0.717) is 17.5 Å². The number of hydrogen-bond acceptors (Lipinski definition) is 4. The second-order valence-electron chi connectivity index (χ2n) is 14.0. The number of aromatic nitrogens is 4. The smallest absolute Gasteiger partial charge is 0.164 e. The van der Waals surface area contributed by atoms with E-state index in [1.165, 1.54) is 31.1 Å². The Bertz CT molecular complexity index is 3240. The molecule has 11 aromatic rings. The zero-order valence-corrected chi connectivity index (χ0v) is 31.0. The summed E-state index contributed by atoms with van der Waals surface area (Å²) in [4.78, 5) is 15.6. The van der Waals surface area contributed by atoms with E-state index in [2.05, 4.69) is 193 Å². The van der Waals surface area contributed by atoms with Gasteiger partial charge in [-0.05, 0) is 64.7 Å². The van der Waals surface area contributed by atoms with Crippen molar-refractivity contribution in [1.82, 2.24) is 19.5 Å². The summed E-state index contributed by atoms with van der Waals surface area (Å²) in [5.41, 5.74) is 10.8. The van der Waals surface area contributed by atoms with Crippen molar-refractivity contribution in [2.24, 2.45) is 0 Å². The minimum Gasteiger partial charge on any atom is -0.309 e. The second kappa shape index (κ2) is 13.3. The van der Waals surface area contributed by atoms with Crippen molar-refractivity contribution in [3.63, 3.8) is 0 Å². The van der Waals surface area contributed by atoms with Crippen molar-refractivity contribution in [2.45, 2.75) is 0 Å². The van der Waals surface area contributed by atoms with Crippen LogP contribution in [0.2, 0.25) is 0 Å². The number of benzene rings is 8. The number of nitrogens with zero attached hydrogens (tertiary/aromatic N) is 4. The standard InChI is InChI=1S/C51H32N4S/c1-3-14-33(15-4-1)38-18-7-8-21-43(38)51-53-49(35-28-26-34(27-29-35)39-22-13-23-42-41-20-10-12-25-47(41)56-48(39)42)52-50(54-51)36-30-31-46-44(32-36)40-19-9-11-24-45(40)55(46)37-16-5-2-6-17-37/h1-32H. The fraction of sp³-hybridized carbons (Fsp3) is 0. The fourth-order valence-corrected chi connectivity index (χ4v) is 9.28. The SMILES string of the molecule is c1ccc(-c2ccccc2-c2nc(-c3ccc(-c4cccc5c4sc4ccccc45)cc3)nc(-c3ccc4c(c3)c3ccccc3n4-c3ccccc3)n2)cc1. The minimum absolute atomic E-state index is 0.630. The highest BCUT2D eigenvalue weighted by Gasteiger charge is 2.19. The van der Waals surface area contributed by atoms with Gasteiger partial charge in [0.05, 0.1) is 11.0 Å². The summed E-state index contributed by atoms with van der Waals surface area (Å²) in [6, 6.07) is 68.5. The van der Waals surface area contributed by atoms with Crippen LogP contribution in [0, 0.1) is 0 Å². The number of para-hydroxylation sites is 2. The number of rotatable bonds is 6. The Hall–Kier alpha value is -7.21. The molecule has 11 rings (SSSR count). The monoisotopic (exact) mass is 732 g/mol. The van der Waals surface area contributed by atoms with E-state index >= 15 is 0 Å². The molecule has 0 bridgehead atoms. The van der Waals surface area contributed by atoms with Gasteiger partial charge in [-0.25, -0.2) is 15.0 Å². The van der Waals surface area contributed by atoms with Gasteiger partial charge in [-0.15, -0.1) is 11.3 Å². The summed E-state index contributed by atoms with van der Waals surface area (Å²) >= 11 is 1.85. The van der Waals surface area contributed by atoms with Crippen LogP contribution in [0.15, 0.2) is 194 Å². The summed E-state index contributed by atoms with van der Waals surface area (Å²) in [5, 5.41) is 4.92. The quantitative estimate of drug-likeness (QED) is 0.171. The van der Waals surface area contributed by atoms with Crippen molar-refractivity contribution in [3.8, 4) is 62.1 Å². The summed E-state index contributed by atoms with van der Waals surface area (Å²) in [6.45, 7) is 0. The number of hydrogen-bond donors (Lipinski definition) is 0. The maximum absolute atomic E-state index is 5.23. The molecule has 262 valence electrons. The van der Waals surface area contributed by atoms with E-state index in [1.54, 1.807) is 0 Å².